The summed E-state index contributed by atoms with van der Waals surface area (Å²) in [5.41, 5.74) is 1.39. The van der Waals surface area contributed by atoms with E-state index in [1.54, 1.807) is 23.3 Å². The molecule has 6 rings (SSSR count). The molecule has 14 heteroatoms. The molecule has 3 aromatic heterocycles. The molecule has 5 heterocycles. The third kappa shape index (κ3) is 6.60. The van der Waals surface area contributed by atoms with Crippen molar-refractivity contribution < 1.29 is 14.3 Å². The Kier molecular flexibility index (Phi) is 8.96. The molecule has 0 spiro atoms. The number of aromatic nitrogens is 5. The second-order valence-corrected chi connectivity index (χ2v) is 22.3. The number of alkyl carbamates (subject to hydrolysis) is 1. The zero-order valence-corrected chi connectivity index (χ0v) is 31.9. The number of ether oxygens (including phenoxy) is 2. The molecule has 2 aliphatic rings. The molecule has 1 aromatic carbocycles. The van der Waals surface area contributed by atoms with Gasteiger partial charge in [-0.25, -0.2) is 4.79 Å². The summed E-state index contributed by atoms with van der Waals surface area (Å²) in [6, 6.07) is 4.97. The molecule has 11 nitrogen and oxygen atoms in total. The highest BCUT2D eigenvalue weighted by Crippen LogP contribution is 2.44. The monoisotopic (exact) mass is 715 g/mol. The first kappa shape index (κ1) is 34.8. The van der Waals surface area contributed by atoms with E-state index in [9.17, 15) is 9.59 Å². The molecule has 1 unspecified atom stereocenters. The van der Waals surface area contributed by atoms with E-state index < -0.39 is 25.3 Å². The Morgan fingerprint density at radius 3 is 2.38 bits per heavy atom. The number of benzene rings is 1. The summed E-state index contributed by atoms with van der Waals surface area (Å²) in [5.74, 6) is 0.615. The van der Waals surface area contributed by atoms with Crippen molar-refractivity contribution in [3.8, 4) is 11.1 Å². The van der Waals surface area contributed by atoms with Gasteiger partial charge in [0.2, 0.25) is 5.95 Å². The van der Waals surface area contributed by atoms with Crippen LogP contribution in [0.1, 0.15) is 53.4 Å². The molecule has 2 fully saturated rings. The summed E-state index contributed by atoms with van der Waals surface area (Å²) in [4.78, 5) is 34.7. The Morgan fingerprint density at radius 2 is 1.75 bits per heavy atom. The lowest BCUT2D eigenvalue weighted by atomic mass is 9.84. The van der Waals surface area contributed by atoms with Crippen molar-refractivity contribution in [3.63, 3.8) is 0 Å². The Morgan fingerprint density at radius 1 is 1.08 bits per heavy atom. The summed E-state index contributed by atoms with van der Waals surface area (Å²) in [6.45, 7) is 15.5. The van der Waals surface area contributed by atoms with Crippen molar-refractivity contribution in [2.75, 3.05) is 11.5 Å². The van der Waals surface area contributed by atoms with Crippen molar-refractivity contribution in [2.45, 2.75) is 109 Å². The first-order valence-electron chi connectivity index (χ1n) is 16.6. The number of anilines is 1. The molecule has 0 saturated carbocycles. The van der Waals surface area contributed by atoms with Gasteiger partial charge in [-0.2, -0.15) is 10.1 Å². The Balaban J connectivity index is 1.41. The van der Waals surface area contributed by atoms with Crippen molar-refractivity contribution in [1.29, 1.82) is 0 Å². The fourth-order valence-corrected chi connectivity index (χ4v) is 8.65. The molecular weight excluding hydrogens is 669 g/mol. The number of piperidine rings is 1. The van der Waals surface area contributed by atoms with Crippen LogP contribution >= 0.6 is 23.2 Å². The van der Waals surface area contributed by atoms with Crippen LogP contribution in [-0.4, -0.2) is 67.9 Å². The van der Waals surface area contributed by atoms with Crippen LogP contribution in [0.2, 0.25) is 35.9 Å². The lowest BCUT2D eigenvalue weighted by molar-refractivity contribution is 0.0437. The summed E-state index contributed by atoms with van der Waals surface area (Å²) in [6.07, 6.45) is 4.82. The number of aryl methyl sites for hydroxylation is 1. The number of halogens is 2. The van der Waals surface area contributed by atoms with Gasteiger partial charge in [-0.05, 0) is 65.5 Å². The fraction of sp³-hybridized carbons (Fsp3) is 0.588. The SMILES string of the molecule is Cn1nc2ccc(-c3cn(COCC[Si](C)(C)C)c4nc(N5[C@@H]6CC[C@H]5CC(C)(NC(=O)OC(C)(C)C)C6)n(C)c(=O)c34)c(Cl)c2c1Cl. The first-order valence-corrected chi connectivity index (χ1v) is 21.1. The third-order valence-electron chi connectivity index (χ3n) is 9.49. The minimum atomic E-state index is -1.31. The number of rotatable bonds is 8. The Hall–Kier alpha value is -3.06. The van der Waals surface area contributed by atoms with E-state index in [0.29, 0.717) is 68.6 Å². The molecule has 1 N–H and O–H groups in total. The van der Waals surface area contributed by atoms with Gasteiger partial charge in [0, 0.05) is 63.7 Å². The number of hydrogen-bond donors (Lipinski definition) is 1. The van der Waals surface area contributed by atoms with Crippen LogP contribution in [0.5, 0.6) is 0 Å². The molecule has 1 amide bonds. The van der Waals surface area contributed by atoms with Gasteiger partial charge >= 0.3 is 6.09 Å². The number of hydrogen-bond acceptors (Lipinski definition) is 7. The topological polar surface area (TPSA) is 108 Å². The van der Waals surface area contributed by atoms with Gasteiger partial charge in [0.25, 0.3) is 5.56 Å². The first-order chi connectivity index (χ1) is 22.4. The lowest BCUT2D eigenvalue weighted by Crippen LogP contribution is -2.59. The summed E-state index contributed by atoms with van der Waals surface area (Å²) < 4.78 is 17.0. The highest BCUT2D eigenvalue weighted by molar-refractivity contribution is 6.76. The van der Waals surface area contributed by atoms with E-state index in [1.807, 2.05) is 43.7 Å². The number of amides is 1. The van der Waals surface area contributed by atoms with Crippen LogP contribution in [-0.2, 0) is 30.3 Å². The maximum Gasteiger partial charge on any atom is 0.408 e. The molecule has 4 aromatic rings. The van der Waals surface area contributed by atoms with Crippen LogP contribution in [0.4, 0.5) is 10.7 Å². The second-order valence-electron chi connectivity index (χ2n) is 16.0. The maximum absolute atomic E-state index is 14.4. The molecule has 3 atom stereocenters. The largest absolute Gasteiger partial charge is 0.444 e. The summed E-state index contributed by atoms with van der Waals surface area (Å²) >= 11 is 13.6. The predicted octanol–water partition coefficient (Wildman–Crippen LogP) is 7.32. The van der Waals surface area contributed by atoms with E-state index in [2.05, 4.69) is 41.9 Å². The van der Waals surface area contributed by atoms with Crippen LogP contribution < -0.4 is 15.8 Å². The van der Waals surface area contributed by atoms with E-state index in [4.69, 9.17) is 37.7 Å². The molecule has 2 aliphatic heterocycles. The number of carbonyl (C=O) groups is 1. The van der Waals surface area contributed by atoms with Gasteiger partial charge in [0.05, 0.1) is 21.3 Å². The predicted molar refractivity (Wildman–Crippen MR) is 195 cm³/mol. The average molecular weight is 717 g/mol. The van der Waals surface area contributed by atoms with E-state index in [1.165, 1.54) is 0 Å². The number of carbonyl (C=O) groups excluding carboxylic acids is 1. The van der Waals surface area contributed by atoms with Crippen LogP contribution in [0.15, 0.2) is 23.1 Å². The van der Waals surface area contributed by atoms with Gasteiger partial charge in [-0.1, -0.05) is 48.9 Å². The minimum Gasteiger partial charge on any atom is -0.444 e. The molecular formula is C34H47Cl2N7O4Si. The fourth-order valence-electron chi connectivity index (χ4n) is 7.26. The normalized spacial score (nSPS) is 21.4. The maximum atomic E-state index is 14.4. The Bertz CT molecular complexity index is 1940. The Labute approximate surface area is 292 Å². The van der Waals surface area contributed by atoms with Crippen LogP contribution in [0.3, 0.4) is 0 Å². The molecule has 2 saturated heterocycles. The van der Waals surface area contributed by atoms with Gasteiger partial charge in [-0.3, -0.25) is 14.0 Å². The third-order valence-corrected chi connectivity index (χ3v) is 12.0. The zero-order valence-electron chi connectivity index (χ0n) is 29.4. The van der Waals surface area contributed by atoms with Gasteiger partial charge < -0.3 is 24.3 Å². The molecule has 48 heavy (non-hydrogen) atoms. The number of nitrogens with zero attached hydrogens (tertiary/aromatic N) is 6. The van der Waals surface area contributed by atoms with Crippen molar-refractivity contribution >= 4 is 65.3 Å². The average Bonchev–Trinajstić information content (AvgIpc) is 3.56. The van der Waals surface area contributed by atoms with Gasteiger partial charge in [0.15, 0.2) is 5.65 Å². The molecule has 0 radical (unpaired) electrons. The summed E-state index contributed by atoms with van der Waals surface area (Å²) in [7, 11) is 2.25. The molecule has 260 valence electrons. The van der Waals surface area contributed by atoms with Gasteiger partial charge in [-0.15, -0.1) is 0 Å². The second kappa shape index (κ2) is 12.4. The van der Waals surface area contributed by atoms with Crippen LogP contribution in [0, 0.1) is 0 Å². The van der Waals surface area contributed by atoms with Crippen molar-refractivity contribution in [3.05, 3.63) is 38.9 Å². The van der Waals surface area contributed by atoms with Crippen LogP contribution in [0.25, 0.3) is 33.1 Å². The highest BCUT2D eigenvalue weighted by Gasteiger charge is 2.48. The number of fused-ring (bicyclic) bond motifs is 4. The van der Waals surface area contributed by atoms with E-state index in [0.717, 1.165) is 18.9 Å². The van der Waals surface area contributed by atoms with E-state index in [-0.39, 0.29) is 24.4 Å². The zero-order chi connectivity index (χ0) is 34.9. The summed E-state index contributed by atoms with van der Waals surface area (Å²) in [5, 5.41) is 9.59. The quantitative estimate of drug-likeness (QED) is 0.150. The van der Waals surface area contributed by atoms with E-state index >= 15 is 0 Å². The van der Waals surface area contributed by atoms with Crippen molar-refractivity contribution in [1.82, 2.24) is 29.2 Å². The lowest BCUT2D eigenvalue weighted by Gasteiger charge is -2.45. The highest BCUT2D eigenvalue weighted by atomic mass is 35.5. The number of nitrogens with one attached hydrogen (secondary N) is 1. The smallest absolute Gasteiger partial charge is 0.408 e. The van der Waals surface area contributed by atoms with Crippen molar-refractivity contribution in [2.24, 2.45) is 14.1 Å². The standard InChI is InChI=1S/C34H47Cl2N7O4Si/c1-33(2,3)47-32(45)38-34(4)16-20-10-11-21(17-34)43(20)31-37-29-25(30(44)40(31)5)23(18-42(29)19-46-14-15-48(7,8)9)22-12-13-24-26(27(22)35)28(36)41(6)39-24/h12-13,18,20-21H,10-11,14-17,19H2,1-9H3,(H,38,45)/t20-,21+,34?. The molecule has 0 aliphatic carbocycles. The van der Waals surface area contributed by atoms with Gasteiger partial charge in [0.1, 0.15) is 17.5 Å². The minimum absolute atomic E-state index is 0.0969. The molecule has 2 bridgehead atoms.